The van der Waals surface area contributed by atoms with Crippen molar-refractivity contribution in [3.63, 3.8) is 0 Å². The van der Waals surface area contributed by atoms with Gasteiger partial charge >= 0.3 is 12.4 Å². The first-order chi connectivity index (χ1) is 17.7. The lowest BCUT2D eigenvalue weighted by Gasteiger charge is -2.22. The van der Waals surface area contributed by atoms with E-state index in [1.807, 2.05) is 0 Å². The number of carbonyl (C=O) groups is 1. The number of aromatic nitrogens is 4. The van der Waals surface area contributed by atoms with Gasteiger partial charge in [0, 0.05) is 25.2 Å². The van der Waals surface area contributed by atoms with Crippen LogP contribution in [0.5, 0.6) is 0 Å². The molecule has 0 saturated heterocycles. The Balaban J connectivity index is 1.77. The van der Waals surface area contributed by atoms with Gasteiger partial charge in [0.25, 0.3) is 5.89 Å². The maximum absolute atomic E-state index is 13.9. The molecule has 4 rings (SSSR count). The second-order valence-corrected chi connectivity index (χ2v) is 8.13. The molecule has 4 aromatic rings. The Labute approximate surface area is 209 Å². The van der Waals surface area contributed by atoms with Gasteiger partial charge in [0.15, 0.2) is 0 Å². The number of nitrogens with zero attached hydrogens (tertiary/aromatic N) is 4. The number of benzene rings is 2. The zero-order valence-electron chi connectivity index (χ0n) is 19.2. The zero-order chi connectivity index (χ0) is 27.8. The first-order valence-corrected chi connectivity index (χ1v) is 10.7. The highest BCUT2D eigenvalue weighted by Gasteiger charge is 2.41. The summed E-state index contributed by atoms with van der Waals surface area (Å²) in [6, 6.07) is 6.71. The van der Waals surface area contributed by atoms with Crippen LogP contribution in [0.2, 0.25) is 0 Å². The van der Waals surface area contributed by atoms with E-state index in [0.29, 0.717) is 12.1 Å². The van der Waals surface area contributed by atoms with Crippen molar-refractivity contribution in [2.24, 2.45) is 7.05 Å². The average Bonchev–Trinajstić information content (AvgIpc) is 3.42. The fourth-order valence-corrected chi connectivity index (χ4v) is 3.69. The summed E-state index contributed by atoms with van der Waals surface area (Å²) in [6.45, 7) is 0. The van der Waals surface area contributed by atoms with E-state index in [-0.39, 0.29) is 35.0 Å². The predicted molar refractivity (Wildman–Crippen MR) is 119 cm³/mol. The summed E-state index contributed by atoms with van der Waals surface area (Å²) < 4.78 is 101. The van der Waals surface area contributed by atoms with Crippen LogP contribution in [0.15, 0.2) is 52.9 Å². The number of halogens is 7. The molecule has 1 amide bonds. The Morgan fingerprint density at radius 1 is 1.03 bits per heavy atom. The van der Waals surface area contributed by atoms with Crippen LogP contribution in [-0.2, 0) is 30.6 Å². The Morgan fingerprint density at radius 2 is 1.71 bits per heavy atom. The molecule has 1 atom stereocenters. The summed E-state index contributed by atoms with van der Waals surface area (Å²) in [7, 11) is 1.52. The number of hydrogen-bond acceptors (Lipinski definition) is 6. The molecular formula is C23H17F7N6O2. The van der Waals surface area contributed by atoms with Crippen molar-refractivity contribution in [2.75, 3.05) is 11.1 Å². The maximum Gasteiger partial charge on any atom is 0.416 e. The van der Waals surface area contributed by atoms with Crippen molar-refractivity contribution < 1.29 is 39.9 Å². The lowest BCUT2D eigenvalue weighted by atomic mass is 9.89. The van der Waals surface area contributed by atoms with Crippen LogP contribution in [-0.4, -0.2) is 25.9 Å². The highest BCUT2D eigenvalue weighted by molar-refractivity contribution is 5.96. The van der Waals surface area contributed by atoms with Crippen LogP contribution >= 0.6 is 0 Å². The third kappa shape index (κ3) is 5.76. The Bertz CT molecular complexity index is 1460. The molecule has 0 bridgehead atoms. The number of anilines is 2. The highest BCUT2D eigenvalue weighted by Crippen LogP contribution is 2.40. The zero-order valence-corrected chi connectivity index (χ0v) is 19.2. The van der Waals surface area contributed by atoms with Crippen molar-refractivity contribution in [3.8, 4) is 11.6 Å². The van der Waals surface area contributed by atoms with Crippen LogP contribution in [0.4, 0.5) is 42.2 Å². The van der Waals surface area contributed by atoms with E-state index in [0.717, 1.165) is 12.1 Å². The van der Waals surface area contributed by atoms with Crippen molar-refractivity contribution >= 4 is 17.4 Å². The Hall–Kier alpha value is -4.43. The number of nitrogens with two attached hydrogens (primary N) is 1. The van der Waals surface area contributed by atoms with E-state index >= 15 is 0 Å². The van der Waals surface area contributed by atoms with Crippen LogP contribution in [0.25, 0.3) is 11.6 Å². The number of nitrogens with one attached hydrogen (secondary N) is 1. The van der Waals surface area contributed by atoms with E-state index in [9.17, 15) is 35.5 Å². The number of alkyl halides is 6. The van der Waals surface area contributed by atoms with Gasteiger partial charge in [-0.25, -0.2) is 4.39 Å². The summed E-state index contributed by atoms with van der Waals surface area (Å²) in [5.74, 6) is -3.66. The molecule has 2 aromatic heterocycles. The van der Waals surface area contributed by atoms with E-state index in [4.69, 9.17) is 10.2 Å². The van der Waals surface area contributed by atoms with E-state index in [1.165, 1.54) is 29.9 Å². The van der Waals surface area contributed by atoms with Gasteiger partial charge in [-0.2, -0.15) is 31.4 Å². The predicted octanol–water partition coefficient (Wildman–Crippen LogP) is 5.19. The fourth-order valence-electron chi connectivity index (χ4n) is 3.69. The largest absolute Gasteiger partial charge is 0.419 e. The summed E-state index contributed by atoms with van der Waals surface area (Å²) >= 11 is 0. The topological polar surface area (TPSA) is 112 Å². The summed E-state index contributed by atoms with van der Waals surface area (Å²) in [4.78, 5) is 13.2. The minimum Gasteiger partial charge on any atom is -0.419 e. The minimum absolute atomic E-state index is 0.0402. The lowest BCUT2D eigenvalue weighted by Crippen LogP contribution is -2.26. The summed E-state index contributed by atoms with van der Waals surface area (Å²) in [5, 5.41) is 13.8. The molecule has 0 saturated carbocycles. The number of hydrogen-bond donors (Lipinski definition) is 2. The Kier molecular flexibility index (Phi) is 6.86. The van der Waals surface area contributed by atoms with Crippen LogP contribution < -0.4 is 11.1 Å². The van der Waals surface area contributed by atoms with Gasteiger partial charge in [-0.3, -0.25) is 9.48 Å². The van der Waals surface area contributed by atoms with E-state index in [1.54, 1.807) is 0 Å². The quantitative estimate of drug-likeness (QED) is 0.324. The lowest BCUT2D eigenvalue weighted by molar-refractivity contribution is -0.143. The summed E-state index contributed by atoms with van der Waals surface area (Å²) in [5.41, 5.74) is 1.98. The molecule has 3 N–H and O–H groups in total. The SMILES string of the molecule is Cn1nc(N)cc1-c1nnc(CC(C(=O)Nc2ccc(F)cc2)c2ccc(C(F)(F)F)cc2C(F)(F)F)o1. The second-order valence-electron chi connectivity index (χ2n) is 8.13. The van der Waals surface area contributed by atoms with Crippen molar-refractivity contribution in [1.29, 1.82) is 0 Å². The molecule has 1 unspecified atom stereocenters. The molecule has 2 aromatic carbocycles. The molecule has 0 aliphatic carbocycles. The van der Waals surface area contributed by atoms with E-state index < -0.39 is 53.1 Å². The molecule has 0 radical (unpaired) electrons. The average molecular weight is 542 g/mol. The molecule has 2 heterocycles. The summed E-state index contributed by atoms with van der Waals surface area (Å²) in [6.07, 6.45) is -10.9. The first-order valence-electron chi connectivity index (χ1n) is 10.7. The van der Waals surface area contributed by atoms with Gasteiger partial charge < -0.3 is 15.5 Å². The van der Waals surface area contributed by atoms with Gasteiger partial charge in [-0.1, -0.05) is 6.07 Å². The third-order valence-electron chi connectivity index (χ3n) is 5.45. The Morgan fingerprint density at radius 3 is 2.29 bits per heavy atom. The normalized spacial score (nSPS) is 12.9. The minimum atomic E-state index is -5.24. The number of nitrogen functional groups attached to an aromatic ring is 1. The van der Waals surface area contributed by atoms with Crippen LogP contribution in [0.3, 0.4) is 0 Å². The first kappa shape index (κ1) is 26.6. The van der Waals surface area contributed by atoms with Crippen LogP contribution in [0, 0.1) is 5.82 Å². The number of rotatable bonds is 6. The number of carbonyl (C=O) groups excluding carboxylic acids is 1. The fraction of sp³-hybridized carbons (Fsp3) is 0.217. The molecule has 0 aliphatic heterocycles. The van der Waals surface area contributed by atoms with E-state index in [2.05, 4.69) is 20.6 Å². The van der Waals surface area contributed by atoms with Gasteiger partial charge in [0.1, 0.15) is 17.3 Å². The second kappa shape index (κ2) is 9.79. The van der Waals surface area contributed by atoms with Crippen molar-refractivity contribution in [2.45, 2.75) is 24.7 Å². The van der Waals surface area contributed by atoms with Gasteiger partial charge in [-0.05, 0) is 42.0 Å². The molecule has 38 heavy (non-hydrogen) atoms. The molecule has 0 aliphatic rings. The van der Waals surface area contributed by atoms with Gasteiger partial charge in [0.05, 0.1) is 17.0 Å². The molecule has 15 heteroatoms. The molecule has 200 valence electrons. The molecule has 0 fully saturated rings. The smallest absolute Gasteiger partial charge is 0.416 e. The highest BCUT2D eigenvalue weighted by atomic mass is 19.4. The van der Waals surface area contributed by atoms with Gasteiger partial charge in [-0.15, -0.1) is 10.2 Å². The third-order valence-corrected chi connectivity index (χ3v) is 5.45. The molecule has 8 nitrogen and oxygen atoms in total. The monoisotopic (exact) mass is 542 g/mol. The van der Waals surface area contributed by atoms with Crippen LogP contribution in [0.1, 0.15) is 28.5 Å². The molecular weight excluding hydrogens is 525 g/mol. The standard InChI is InChI=1S/C23H17F7N6O2/c1-36-17(10-18(31)35-36)21-34-33-19(38-21)9-15(20(37)32-13-5-3-12(24)4-6-13)14-7-2-11(22(25,26)27)8-16(14)23(28,29)30/h2-8,10,15H,9H2,1H3,(H2,31,35)(H,32,37). The number of amides is 1. The maximum atomic E-state index is 13.9. The number of aryl methyl sites for hydroxylation is 1. The van der Waals surface area contributed by atoms with Crippen molar-refractivity contribution in [3.05, 3.63) is 76.9 Å². The van der Waals surface area contributed by atoms with Gasteiger partial charge in [0.2, 0.25) is 11.8 Å². The van der Waals surface area contributed by atoms with Crippen molar-refractivity contribution in [1.82, 2.24) is 20.0 Å². The molecule has 0 spiro atoms.